The average Bonchev–Trinajstić information content (AvgIpc) is 2.37. The molecule has 0 unspecified atom stereocenters. The maximum atomic E-state index is 12.3. The highest BCUT2D eigenvalue weighted by Gasteiger charge is 2.26. The van der Waals surface area contributed by atoms with Gasteiger partial charge in [0.1, 0.15) is 0 Å². The van der Waals surface area contributed by atoms with Crippen LogP contribution in [-0.2, 0) is 14.6 Å². The molecule has 0 aliphatic rings. The van der Waals surface area contributed by atoms with E-state index < -0.39 is 15.6 Å². The van der Waals surface area contributed by atoms with E-state index in [1.54, 1.807) is 7.11 Å². The Morgan fingerprint density at radius 2 is 1.79 bits per heavy atom. The summed E-state index contributed by atoms with van der Waals surface area (Å²) in [5, 5.41) is 3.04. The molecule has 0 radical (unpaired) electrons. The minimum absolute atomic E-state index is 0.381. The van der Waals surface area contributed by atoms with Gasteiger partial charge in [0, 0.05) is 19.3 Å². The molecule has 1 rings (SSSR count). The second-order valence-corrected chi connectivity index (χ2v) is 6.57. The molecule has 0 bridgehead atoms. The third-order valence-corrected chi connectivity index (χ3v) is 4.09. The third-order valence-electron chi connectivity index (χ3n) is 2.69. The van der Waals surface area contributed by atoms with E-state index in [-0.39, 0.29) is 10.5 Å². The van der Waals surface area contributed by atoms with Crippen LogP contribution in [-0.4, -0.2) is 33.4 Å². The molecule has 0 saturated heterocycles. The molecule has 0 spiro atoms. The van der Waals surface area contributed by atoms with Crippen molar-refractivity contribution in [3.63, 3.8) is 0 Å². The lowest BCUT2D eigenvalue weighted by Gasteiger charge is -2.23. The Bertz CT molecular complexity index is 512. The van der Waals surface area contributed by atoms with E-state index in [0.29, 0.717) is 12.2 Å². The summed E-state index contributed by atoms with van der Waals surface area (Å²) in [5.74, 6) is -3.40. The summed E-state index contributed by atoms with van der Waals surface area (Å²) in [6, 6.07) is 5.20. The summed E-state index contributed by atoms with van der Waals surface area (Å²) in [6.45, 7) is 4.27. The lowest BCUT2D eigenvalue weighted by atomic mass is 10.1. The average molecular weight is 293 g/mol. The Kier molecular flexibility index (Phi) is 4.86. The van der Waals surface area contributed by atoms with E-state index >= 15 is 0 Å². The molecular weight excluding hydrogens is 276 g/mol. The SMILES string of the molecule is COC(C)(C)CNc1ccc(S(=O)(=O)C(F)F)cc1. The van der Waals surface area contributed by atoms with Gasteiger partial charge in [0.25, 0.3) is 0 Å². The van der Waals surface area contributed by atoms with Crippen LogP contribution in [0.25, 0.3) is 0 Å². The van der Waals surface area contributed by atoms with Gasteiger partial charge in [0.15, 0.2) is 0 Å². The lowest BCUT2D eigenvalue weighted by Crippen LogP contribution is -2.32. The van der Waals surface area contributed by atoms with E-state index in [2.05, 4.69) is 5.32 Å². The largest absolute Gasteiger partial charge is 0.382 e. The summed E-state index contributed by atoms with van der Waals surface area (Å²) >= 11 is 0. The first-order chi connectivity index (χ1) is 8.69. The minimum atomic E-state index is -4.53. The van der Waals surface area contributed by atoms with Crippen LogP contribution >= 0.6 is 0 Å². The molecule has 7 heteroatoms. The molecule has 0 fully saturated rings. The quantitative estimate of drug-likeness (QED) is 0.875. The standard InChI is InChI=1S/C12H17F2NO3S/c1-12(2,18-3)8-15-9-4-6-10(7-5-9)19(16,17)11(13)14/h4-7,11,15H,8H2,1-3H3. The molecule has 0 aliphatic heterocycles. The summed E-state index contributed by atoms with van der Waals surface area (Å²) in [7, 11) is -2.94. The van der Waals surface area contributed by atoms with Crippen molar-refractivity contribution in [1.29, 1.82) is 0 Å². The third kappa shape index (κ3) is 4.14. The van der Waals surface area contributed by atoms with Crippen molar-refractivity contribution in [3.05, 3.63) is 24.3 Å². The first-order valence-corrected chi connectivity index (χ1v) is 7.15. The fourth-order valence-corrected chi connectivity index (χ4v) is 1.97. The maximum Gasteiger partial charge on any atom is 0.341 e. The van der Waals surface area contributed by atoms with Gasteiger partial charge in [-0.25, -0.2) is 8.42 Å². The normalized spacial score (nSPS) is 12.7. The predicted octanol–water partition coefficient (Wildman–Crippen LogP) is 2.52. The first kappa shape index (κ1) is 15.8. The van der Waals surface area contributed by atoms with Crippen molar-refractivity contribution in [2.45, 2.75) is 30.1 Å². The van der Waals surface area contributed by atoms with Crippen molar-refractivity contribution >= 4 is 15.5 Å². The molecule has 0 aliphatic carbocycles. The van der Waals surface area contributed by atoms with Crippen molar-refractivity contribution in [3.8, 4) is 0 Å². The zero-order valence-electron chi connectivity index (χ0n) is 11.0. The van der Waals surface area contributed by atoms with Gasteiger partial charge in [-0.2, -0.15) is 8.78 Å². The number of benzene rings is 1. The van der Waals surface area contributed by atoms with Gasteiger partial charge in [-0.05, 0) is 38.1 Å². The van der Waals surface area contributed by atoms with E-state index in [4.69, 9.17) is 4.74 Å². The zero-order chi connectivity index (χ0) is 14.7. The molecule has 108 valence electrons. The molecule has 0 atom stereocenters. The number of anilines is 1. The van der Waals surface area contributed by atoms with Crippen LogP contribution in [0.1, 0.15) is 13.8 Å². The molecule has 0 saturated carbocycles. The molecular formula is C12H17F2NO3S. The van der Waals surface area contributed by atoms with Gasteiger partial charge in [-0.3, -0.25) is 0 Å². The molecule has 1 N–H and O–H groups in total. The fourth-order valence-electron chi connectivity index (χ4n) is 1.25. The van der Waals surface area contributed by atoms with E-state index in [0.717, 1.165) is 12.1 Å². The van der Waals surface area contributed by atoms with Crippen LogP contribution < -0.4 is 5.32 Å². The highest BCUT2D eigenvalue weighted by molar-refractivity contribution is 7.91. The highest BCUT2D eigenvalue weighted by Crippen LogP contribution is 2.20. The Morgan fingerprint density at radius 1 is 1.26 bits per heavy atom. The van der Waals surface area contributed by atoms with E-state index in [1.165, 1.54) is 12.1 Å². The molecule has 19 heavy (non-hydrogen) atoms. The molecule has 1 aromatic rings. The smallest absolute Gasteiger partial charge is 0.341 e. The number of ether oxygens (including phenoxy) is 1. The summed E-state index contributed by atoms with van der Waals surface area (Å²) in [4.78, 5) is -0.390. The van der Waals surface area contributed by atoms with Gasteiger partial charge in [0.05, 0.1) is 10.5 Å². The lowest BCUT2D eigenvalue weighted by molar-refractivity contribution is 0.0344. The van der Waals surface area contributed by atoms with Crippen molar-refractivity contribution < 1.29 is 21.9 Å². The molecule has 1 aromatic carbocycles. The summed E-state index contributed by atoms with van der Waals surface area (Å²) < 4.78 is 52.3. The van der Waals surface area contributed by atoms with Crippen LogP contribution in [0, 0.1) is 0 Å². The molecule has 0 heterocycles. The van der Waals surface area contributed by atoms with Crippen LogP contribution in [0.4, 0.5) is 14.5 Å². The van der Waals surface area contributed by atoms with Gasteiger partial charge < -0.3 is 10.1 Å². The van der Waals surface area contributed by atoms with Gasteiger partial charge in [-0.1, -0.05) is 0 Å². The number of nitrogens with one attached hydrogen (secondary N) is 1. The Hall–Kier alpha value is -1.21. The molecule has 0 amide bonds. The van der Waals surface area contributed by atoms with Crippen LogP contribution in [0.15, 0.2) is 29.2 Å². The van der Waals surface area contributed by atoms with E-state index in [9.17, 15) is 17.2 Å². The number of hydrogen-bond donors (Lipinski definition) is 1. The molecule has 0 aromatic heterocycles. The number of methoxy groups -OCH3 is 1. The highest BCUT2D eigenvalue weighted by atomic mass is 32.2. The van der Waals surface area contributed by atoms with Gasteiger partial charge >= 0.3 is 5.76 Å². The number of hydrogen-bond acceptors (Lipinski definition) is 4. The van der Waals surface area contributed by atoms with Crippen molar-refractivity contribution in [2.24, 2.45) is 0 Å². The second-order valence-electron chi connectivity index (χ2n) is 4.65. The molecule has 4 nitrogen and oxygen atoms in total. The van der Waals surface area contributed by atoms with Crippen LogP contribution in [0.2, 0.25) is 0 Å². The fraction of sp³-hybridized carbons (Fsp3) is 0.500. The van der Waals surface area contributed by atoms with Crippen LogP contribution in [0.3, 0.4) is 0 Å². The summed E-state index contributed by atoms with van der Waals surface area (Å²) in [5.41, 5.74) is 0.256. The Labute approximate surface area is 111 Å². The summed E-state index contributed by atoms with van der Waals surface area (Å²) in [6.07, 6.45) is 0. The number of sulfone groups is 1. The predicted molar refractivity (Wildman–Crippen MR) is 69.2 cm³/mol. The van der Waals surface area contributed by atoms with E-state index in [1.807, 2.05) is 13.8 Å². The van der Waals surface area contributed by atoms with Gasteiger partial charge in [-0.15, -0.1) is 0 Å². The number of halogens is 2. The topological polar surface area (TPSA) is 55.4 Å². The monoisotopic (exact) mass is 293 g/mol. The van der Waals surface area contributed by atoms with Crippen LogP contribution in [0.5, 0.6) is 0 Å². The van der Waals surface area contributed by atoms with Gasteiger partial charge in [0.2, 0.25) is 9.84 Å². The maximum absolute atomic E-state index is 12.3. The van der Waals surface area contributed by atoms with Crippen molar-refractivity contribution in [1.82, 2.24) is 0 Å². The first-order valence-electron chi connectivity index (χ1n) is 5.60. The second kappa shape index (κ2) is 5.83. The number of rotatable bonds is 6. The Balaban J connectivity index is 2.78. The Morgan fingerprint density at radius 3 is 2.21 bits per heavy atom. The number of alkyl halides is 2. The zero-order valence-corrected chi connectivity index (χ0v) is 11.8. The van der Waals surface area contributed by atoms with Crippen molar-refractivity contribution in [2.75, 3.05) is 19.0 Å². The minimum Gasteiger partial charge on any atom is -0.382 e.